The Morgan fingerprint density at radius 3 is 2.58 bits per heavy atom. The molecule has 1 aliphatic rings. The fourth-order valence-electron chi connectivity index (χ4n) is 3.88. The predicted octanol–water partition coefficient (Wildman–Crippen LogP) is 6.29. The molecule has 45 heavy (non-hydrogen) atoms. The molecule has 0 N–H and O–H groups in total. The Bertz CT molecular complexity index is 1590. The number of hydrogen-bond acceptors (Lipinski definition) is 10. The number of esters is 1. The van der Waals surface area contributed by atoms with Gasteiger partial charge in [-0.05, 0) is 36.2 Å². The summed E-state index contributed by atoms with van der Waals surface area (Å²) in [5, 5.41) is 17.4. The van der Waals surface area contributed by atoms with Crippen LogP contribution in [0.5, 0.6) is 0 Å². The molecule has 0 unspecified atom stereocenters. The van der Waals surface area contributed by atoms with Crippen molar-refractivity contribution in [3.63, 3.8) is 0 Å². The molecule has 0 radical (unpaired) electrons. The maximum Gasteiger partial charge on any atom is 0.416 e. The summed E-state index contributed by atoms with van der Waals surface area (Å²) >= 11 is 7.32. The van der Waals surface area contributed by atoms with E-state index in [9.17, 15) is 18.0 Å². The van der Waals surface area contributed by atoms with E-state index < -0.39 is 17.7 Å². The van der Waals surface area contributed by atoms with Gasteiger partial charge in [-0.25, -0.2) is 9.78 Å². The number of aliphatic imine (C=N–C) groups is 1. The van der Waals surface area contributed by atoms with Crippen LogP contribution in [-0.4, -0.2) is 59.0 Å². The summed E-state index contributed by atoms with van der Waals surface area (Å²) in [7, 11) is 2.51. The number of benzene rings is 2. The highest BCUT2D eigenvalue weighted by atomic mass is 35.5. The summed E-state index contributed by atoms with van der Waals surface area (Å²) < 4.78 is 43.3. The van der Waals surface area contributed by atoms with E-state index in [1.54, 1.807) is 48.3 Å². The number of oxime groups is 2. The van der Waals surface area contributed by atoms with Crippen molar-refractivity contribution in [1.82, 2.24) is 9.88 Å². The number of ether oxygens (including phenoxy) is 1. The molecule has 236 valence electrons. The highest BCUT2D eigenvalue weighted by Gasteiger charge is 2.30. The number of pyridine rings is 1. The number of amidine groups is 1. The Hall–Kier alpha value is -4.61. The maximum absolute atomic E-state index is 12.9. The van der Waals surface area contributed by atoms with Crippen LogP contribution < -0.4 is 0 Å². The molecule has 0 amide bonds. The minimum Gasteiger partial charge on any atom is -0.464 e. The fourth-order valence-corrected chi connectivity index (χ4v) is 4.93. The lowest BCUT2D eigenvalue weighted by Crippen LogP contribution is -2.23. The molecule has 0 aliphatic carbocycles. The van der Waals surface area contributed by atoms with Gasteiger partial charge in [-0.3, -0.25) is 0 Å². The van der Waals surface area contributed by atoms with Crippen LogP contribution in [0.15, 0.2) is 82.2 Å². The van der Waals surface area contributed by atoms with E-state index in [-0.39, 0.29) is 23.6 Å². The predicted molar refractivity (Wildman–Crippen MR) is 166 cm³/mol. The smallest absolute Gasteiger partial charge is 0.416 e. The van der Waals surface area contributed by atoms with Gasteiger partial charge in [0.05, 0.1) is 18.4 Å². The van der Waals surface area contributed by atoms with Gasteiger partial charge >= 0.3 is 12.1 Å². The molecule has 1 fully saturated rings. The molecular formula is C30H28ClF3N6O4S. The topological polar surface area (TPSA) is 122 Å². The Morgan fingerprint density at radius 2 is 1.91 bits per heavy atom. The number of carbonyl (C=O) groups excluding carboxylic acids is 1. The van der Waals surface area contributed by atoms with E-state index in [1.165, 1.54) is 33.3 Å². The van der Waals surface area contributed by atoms with Gasteiger partial charge in [0, 0.05) is 36.2 Å². The Balaban J connectivity index is 0.000000289. The van der Waals surface area contributed by atoms with Crippen LogP contribution in [0.25, 0.3) is 0 Å². The first-order valence-electron chi connectivity index (χ1n) is 13.1. The van der Waals surface area contributed by atoms with Crippen LogP contribution in [-0.2, 0) is 38.5 Å². The van der Waals surface area contributed by atoms with Gasteiger partial charge in [0.25, 0.3) is 0 Å². The Kier molecular flexibility index (Phi) is 13.2. The number of nitriles is 1. The highest BCUT2D eigenvalue weighted by Crippen LogP contribution is 2.29. The minimum absolute atomic E-state index is 0.0484. The van der Waals surface area contributed by atoms with Crippen LogP contribution in [0.2, 0.25) is 5.15 Å². The number of aromatic nitrogens is 1. The van der Waals surface area contributed by atoms with Gasteiger partial charge in [-0.15, -0.1) is 4.99 Å². The normalized spacial score (nSPS) is 14.4. The van der Waals surface area contributed by atoms with E-state index in [2.05, 4.69) is 25.2 Å². The van der Waals surface area contributed by atoms with Gasteiger partial charge in [-0.1, -0.05) is 76.1 Å². The second kappa shape index (κ2) is 17.0. The van der Waals surface area contributed by atoms with Gasteiger partial charge in [0.1, 0.15) is 18.9 Å². The molecule has 10 nitrogen and oxygen atoms in total. The Labute approximate surface area is 267 Å². The van der Waals surface area contributed by atoms with Crippen molar-refractivity contribution in [3.8, 4) is 6.19 Å². The number of hydrogen-bond donors (Lipinski definition) is 0. The summed E-state index contributed by atoms with van der Waals surface area (Å²) in [5.74, 6) is 0.282. The van der Waals surface area contributed by atoms with Crippen LogP contribution >= 0.6 is 23.4 Å². The summed E-state index contributed by atoms with van der Waals surface area (Å²) in [6.07, 6.45) is -0.875. The SMILES string of the molecule is CO/N=C(/C(=O)OC)c1ccccc1CO/N=C(\C)c1cccc(C(F)(F)F)c1.N#C/N=C1\SCCN1Cc1ccc(Cl)nc1. The molecule has 2 heterocycles. The van der Waals surface area contributed by atoms with Gasteiger partial charge in [0.15, 0.2) is 10.9 Å². The van der Waals surface area contributed by atoms with Crippen molar-refractivity contribution in [2.75, 3.05) is 26.5 Å². The molecule has 15 heteroatoms. The molecule has 0 bridgehead atoms. The monoisotopic (exact) mass is 660 g/mol. The first kappa shape index (κ1) is 34.9. The van der Waals surface area contributed by atoms with Crippen LogP contribution in [0.4, 0.5) is 13.2 Å². The van der Waals surface area contributed by atoms with Crippen molar-refractivity contribution in [2.45, 2.75) is 26.3 Å². The first-order valence-corrected chi connectivity index (χ1v) is 14.5. The number of carbonyl (C=O) groups is 1. The van der Waals surface area contributed by atoms with Crippen LogP contribution in [0, 0.1) is 11.5 Å². The number of thioether (sulfide) groups is 1. The van der Waals surface area contributed by atoms with Crippen molar-refractivity contribution < 1.29 is 32.4 Å². The van der Waals surface area contributed by atoms with Crippen LogP contribution in [0.1, 0.15) is 34.7 Å². The van der Waals surface area contributed by atoms with Crippen molar-refractivity contribution in [3.05, 3.63) is 99.8 Å². The molecule has 4 rings (SSSR count). The minimum atomic E-state index is -4.44. The summed E-state index contributed by atoms with van der Waals surface area (Å²) in [6.45, 7) is 3.12. The van der Waals surface area contributed by atoms with Crippen LogP contribution in [0.3, 0.4) is 0 Å². The third-order valence-corrected chi connectivity index (χ3v) is 7.25. The molecule has 0 spiro atoms. The molecular weight excluding hydrogens is 633 g/mol. The number of alkyl halides is 3. The zero-order chi connectivity index (χ0) is 32.8. The van der Waals surface area contributed by atoms with Crippen molar-refractivity contribution in [2.24, 2.45) is 15.3 Å². The largest absolute Gasteiger partial charge is 0.464 e. The third-order valence-electron chi connectivity index (χ3n) is 6.03. The lowest BCUT2D eigenvalue weighted by atomic mass is 10.0. The lowest BCUT2D eigenvalue weighted by molar-refractivity contribution is -0.137. The molecule has 0 atom stereocenters. The van der Waals surface area contributed by atoms with Crippen molar-refractivity contribution >= 4 is 45.9 Å². The number of methoxy groups -OCH3 is 1. The second-order valence-electron chi connectivity index (χ2n) is 9.05. The Morgan fingerprint density at radius 1 is 1.13 bits per heavy atom. The van der Waals surface area contributed by atoms with E-state index in [4.69, 9.17) is 31.3 Å². The standard InChI is InChI=1S/C20H19F3N2O4.C10H9ClN4S/c1-13(14-8-6-9-16(11-14)20(21,22)23)24-29-12-15-7-4-5-10-17(15)18(25-28-3)19(26)27-2;11-9-2-1-8(5-13-9)6-15-3-4-16-10(15)14-7-12/h4-11H,12H2,1-3H3;1-2,5H,3-4,6H2/b24-13+,25-18+;14-10-. The molecule has 0 saturated carbocycles. The zero-order valence-electron chi connectivity index (χ0n) is 24.4. The molecule has 1 saturated heterocycles. The number of halogens is 4. The summed E-state index contributed by atoms with van der Waals surface area (Å²) in [5.41, 5.74) is 1.79. The summed E-state index contributed by atoms with van der Waals surface area (Å²) in [6, 6.07) is 15.2. The van der Waals surface area contributed by atoms with Gasteiger partial charge < -0.3 is 19.3 Å². The molecule has 1 aromatic heterocycles. The van der Waals surface area contributed by atoms with E-state index in [1.807, 2.05) is 12.3 Å². The first-order chi connectivity index (χ1) is 21.6. The molecule has 1 aliphatic heterocycles. The highest BCUT2D eigenvalue weighted by molar-refractivity contribution is 8.14. The van der Waals surface area contributed by atoms with E-state index in [0.29, 0.717) is 16.3 Å². The van der Waals surface area contributed by atoms with Crippen molar-refractivity contribution in [1.29, 1.82) is 5.26 Å². The van der Waals surface area contributed by atoms with E-state index in [0.717, 1.165) is 41.7 Å². The quantitative estimate of drug-likeness (QED) is 0.0863. The number of rotatable bonds is 9. The maximum atomic E-state index is 12.9. The average Bonchev–Trinajstić information content (AvgIpc) is 3.47. The molecule has 3 aromatic rings. The second-order valence-corrected chi connectivity index (χ2v) is 10.5. The van der Waals surface area contributed by atoms with Gasteiger partial charge in [-0.2, -0.15) is 18.4 Å². The van der Waals surface area contributed by atoms with E-state index >= 15 is 0 Å². The number of nitrogens with zero attached hydrogens (tertiary/aromatic N) is 6. The van der Waals surface area contributed by atoms with Gasteiger partial charge in [0.2, 0.25) is 6.19 Å². The fraction of sp³-hybridized carbons (Fsp3) is 0.267. The zero-order valence-corrected chi connectivity index (χ0v) is 26.0. The average molecular weight is 661 g/mol. The molecule has 2 aromatic carbocycles. The third kappa shape index (κ3) is 10.5. The lowest BCUT2D eigenvalue weighted by Gasteiger charge is -2.16. The summed E-state index contributed by atoms with van der Waals surface area (Å²) in [4.78, 5) is 31.8.